The summed E-state index contributed by atoms with van der Waals surface area (Å²) in [6, 6.07) is 0.738. The first kappa shape index (κ1) is 13.1. The van der Waals surface area contributed by atoms with E-state index >= 15 is 0 Å². The second-order valence-electron chi connectivity index (χ2n) is 5.37. The maximum absolute atomic E-state index is 12.1. The molecule has 5 heteroatoms. The van der Waals surface area contributed by atoms with E-state index in [1.54, 1.807) is 6.20 Å². The van der Waals surface area contributed by atoms with E-state index in [0.29, 0.717) is 12.1 Å². The van der Waals surface area contributed by atoms with Crippen LogP contribution in [-0.2, 0) is 4.79 Å². The first-order chi connectivity index (χ1) is 8.56. The highest BCUT2D eigenvalue weighted by molar-refractivity contribution is 5.92. The third-order valence-electron chi connectivity index (χ3n) is 3.39. The standard InChI is InChI=1S/C13H22N4O/c1-9(2)17-8-12(7-15-17)16-13(18)11-4-5-14-10(3)6-11/h7-11,14H,4-6H2,1-3H3,(H,16,18). The summed E-state index contributed by atoms with van der Waals surface area (Å²) in [5.74, 6) is 0.232. The molecule has 2 N–H and O–H groups in total. The number of piperidine rings is 1. The average molecular weight is 250 g/mol. The van der Waals surface area contributed by atoms with E-state index in [1.165, 1.54) is 0 Å². The quantitative estimate of drug-likeness (QED) is 0.860. The van der Waals surface area contributed by atoms with Crippen LogP contribution in [-0.4, -0.2) is 28.3 Å². The van der Waals surface area contributed by atoms with Gasteiger partial charge in [-0.2, -0.15) is 5.10 Å². The summed E-state index contributed by atoms with van der Waals surface area (Å²) in [5.41, 5.74) is 0.792. The Hall–Kier alpha value is -1.36. The van der Waals surface area contributed by atoms with Crippen molar-refractivity contribution in [3.8, 4) is 0 Å². The van der Waals surface area contributed by atoms with Gasteiger partial charge in [-0.1, -0.05) is 0 Å². The molecule has 0 saturated carbocycles. The monoisotopic (exact) mass is 250 g/mol. The van der Waals surface area contributed by atoms with Crippen molar-refractivity contribution in [2.45, 2.75) is 45.7 Å². The van der Waals surface area contributed by atoms with Gasteiger partial charge in [0.05, 0.1) is 11.9 Å². The maximum Gasteiger partial charge on any atom is 0.227 e. The minimum atomic E-state index is 0.114. The van der Waals surface area contributed by atoms with Crippen molar-refractivity contribution in [3.63, 3.8) is 0 Å². The zero-order valence-corrected chi connectivity index (χ0v) is 11.3. The molecular weight excluding hydrogens is 228 g/mol. The van der Waals surface area contributed by atoms with Gasteiger partial charge >= 0.3 is 0 Å². The smallest absolute Gasteiger partial charge is 0.227 e. The lowest BCUT2D eigenvalue weighted by Crippen LogP contribution is -2.40. The number of carbonyl (C=O) groups is 1. The minimum absolute atomic E-state index is 0.114. The molecule has 0 aliphatic carbocycles. The van der Waals surface area contributed by atoms with Crippen LogP contribution in [0, 0.1) is 5.92 Å². The molecule has 2 heterocycles. The molecule has 18 heavy (non-hydrogen) atoms. The minimum Gasteiger partial charge on any atom is -0.323 e. The number of anilines is 1. The summed E-state index contributed by atoms with van der Waals surface area (Å²) in [4.78, 5) is 12.1. The fourth-order valence-corrected chi connectivity index (χ4v) is 2.30. The number of rotatable bonds is 3. The van der Waals surface area contributed by atoms with Crippen LogP contribution in [0.2, 0.25) is 0 Å². The van der Waals surface area contributed by atoms with Gasteiger partial charge < -0.3 is 10.6 Å². The highest BCUT2D eigenvalue weighted by Gasteiger charge is 2.24. The fourth-order valence-electron chi connectivity index (χ4n) is 2.30. The Balaban J connectivity index is 1.93. The predicted octanol–water partition coefficient (Wildman–Crippen LogP) is 1.79. The summed E-state index contributed by atoms with van der Waals surface area (Å²) in [7, 11) is 0. The van der Waals surface area contributed by atoms with Crippen LogP contribution in [0.4, 0.5) is 5.69 Å². The van der Waals surface area contributed by atoms with Crippen molar-refractivity contribution in [2.75, 3.05) is 11.9 Å². The number of nitrogens with zero attached hydrogens (tertiary/aromatic N) is 2. The van der Waals surface area contributed by atoms with Gasteiger partial charge in [-0.05, 0) is 40.2 Å². The Kier molecular flexibility index (Phi) is 4.01. The predicted molar refractivity (Wildman–Crippen MR) is 71.4 cm³/mol. The summed E-state index contributed by atoms with van der Waals surface area (Å²) in [5, 5.41) is 10.5. The molecular formula is C13H22N4O. The van der Waals surface area contributed by atoms with E-state index in [1.807, 2.05) is 10.9 Å². The van der Waals surface area contributed by atoms with E-state index < -0.39 is 0 Å². The molecule has 0 aromatic carbocycles. The van der Waals surface area contributed by atoms with Crippen LogP contribution in [0.15, 0.2) is 12.4 Å². The lowest BCUT2D eigenvalue weighted by molar-refractivity contribution is -0.120. The van der Waals surface area contributed by atoms with Crippen molar-refractivity contribution in [2.24, 2.45) is 5.92 Å². The van der Waals surface area contributed by atoms with Gasteiger partial charge in [0.15, 0.2) is 0 Å². The lowest BCUT2D eigenvalue weighted by atomic mass is 9.92. The van der Waals surface area contributed by atoms with Crippen molar-refractivity contribution in [1.29, 1.82) is 0 Å². The molecule has 1 aliphatic rings. The fraction of sp³-hybridized carbons (Fsp3) is 0.692. The number of aromatic nitrogens is 2. The maximum atomic E-state index is 12.1. The number of carbonyl (C=O) groups excluding carboxylic acids is 1. The topological polar surface area (TPSA) is 59.0 Å². The number of hydrogen-bond acceptors (Lipinski definition) is 3. The second-order valence-corrected chi connectivity index (χ2v) is 5.37. The van der Waals surface area contributed by atoms with E-state index in [2.05, 4.69) is 36.5 Å². The molecule has 0 radical (unpaired) electrons. The van der Waals surface area contributed by atoms with E-state index in [-0.39, 0.29) is 11.8 Å². The van der Waals surface area contributed by atoms with Gasteiger partial charge in [0.2, 0.25) is 5.91 Å². The van der Waals surface area contributed by atoms with Crippen molar-refractivity contribution in [3.05, 3.63) is 12.4 Å². The van der Waals surface area contributed by atoms with Gasteiger partial charge in [-0.15, -0.1) is 0 Å². The Labute approximate surface area is 108 Å². The van der Waals surface area contributed by atoms with Crippen LogP contribution >= 0.6 is 0 Å². The molecule has 2 atom stereocenters. The third-order valence-corrected chi connectivity index (χ3v) is 3.39. The molecule has 2 rings (SSSR count). The summed E-state index contributed by atoms with van der Waals surface area (Å²) in [6.07, 6.45) is 5.41. The van der Waals surface area contributed by atoms with Crippen LogP contribution in [0.3, 0.4) is 0 Å². The Morgan fingerprint density at radius 1 is 1.61 bits per heavy atom. The molecule has 1 aromatic heterocycles. The molecule has 1 aromatic rings. The van der Waals surface area contributed by atoms with Gasteiger partial charge in [0.25, 0.3) is 0 Å². The zero-order chi connectivity index (χ0) is 13.1. The normalized spacial score (nSPS) is 24.2. The molecule has 1 saturated heterocycles. The van der Waals surface area contributed by atoms with Crippen molar-refractivity contribution in [1.82, 2.24) is 15.1 Å². The zero-order valence-electron chi connectivity index (χ0n) is 11.3. The summed E-state index contributed by atoms with van der Waals surface area (Å²) in [6.45, 7) is 7.17. The van der Waals surface area contributed by atoms with Gasteiger partial charge in [-0.3, -0.25) is 9.48 Å². The Bertz CT molecular complexity index is 413. The van der Waals surface area contributed by atoms with E-state index in [4.69, 9.17) is 0 Å². The molecule has 5 nitrogen and oxygen atoms in total. The molecule has 100 valence electrons. The third kappa shape index (κ3) is 3.10. The highest BCUT2D eigenvalue weighted by Crippen LogP contribution is 2.19. The van der Waals surface area contributed by atoms with Crippen LogP contribution in [0.1, 0.15) is 39.7 Å². The largest absolute Gasteiger partial charge is 0.323 e. The highest BCUT2D eigenvalue weighted by atomic mass is 16.1. The molecule has 1 fully saturated rings. The Morgan fingerprint density at radius 2 is 2.39 bits per heavy atom. The second kappa shape index (κ2) is 5.52. The average Bonchev–Trinajstić information content (AvgIpc) is 2.77. The molecule has 2 unspecified atom stereocenters. The van der Waals surface area contributed by atoms with Gasteiger partial charge in [-0.25, -0.2) is 0 Å². The number of hydrogen-bond donors (Lipinski definition) is 2. The van der Waals surface area contributed by atoms with Crippen LogP contribution in [0.5, 0.6) is 0 Å². The number of nitrogens with one attached hydrogen (secondary N) is 2. The summed E-state index contributed by atoms with van der Waals surface area (Å²) < 4.78 is 1.85. The first-order valence-corrected chi connectivity index (χ1v) is 6.64. The molecule has 1 amide bonds. The van der Waals surface area contributed by atoms with Crippen LogP contribution < -0.4 is 10.6 Å². The Morgan fingerprint density at radius 3 is 3.00 bits per heavy atom. The van der Waals surface area contributed by atoms with Crippen LogP contribution in [0.25, 0.3) is 0 Å². The van der Waals surface area contributed by atoms with E-state index in [9.17, 15) is 4.79 Å². The molecule has 0 bridgehead atoms. The van der Waals surface area contributed by atoms with E-state index in [0.717, 1.165) is 25.1 Å². The lowest BCUT2D eigenvalue weighted by Gasteiger charge is -2.26. The summed E-state index contributed by atoms with van der Waals surface area (Å²) >= 11 is 0. The van der Waals surface area contributed by atoms with Gasteiger partial charge in [0, 0.05) is 24.2 Å². The first-order valence-electron chi connectivity index (χ1n) is 6.64. The molecule has 1 aliphatic heterocycles. The number of amides is 1. The van der Waals surface area contributed by atoms with Crippen molar-refractivity contribution >= 4 is 11.6 Å². The molecule has 0 spiro atoms. The van der Waals surface area contributed by atoms with Gasteiger partial charge in [0.1, 0.15) is 0 Å². The van der Waals surface area contributed by atoms with Crippen molar-refractivity contribution < 1.29 is 4.79 Å². The SMILES string of the molecule is CC1CC(C(=O)Nc2cnn(C(C)C)c2)CCN1.